The van der Waals surface area contributed by atoms with Crippen LogP contribution in [0.2, 0.25) is 19.6 Å². The zero-order valence-corrected chi connectivity index (χ0v) is 10.2. The van der Waals surface area contributed by atoms with Crippen molar-refractivity contribution in [1.29, 1.82) is 0 Å². The van der Waals surface area contributed by atoms with Crippen LogP contribution in [0, 0.1) is 0 Å². The maximum Gasteiger partial charge on any atom is 0.119 e. The summed E-state index contributed by atoms with van der Waals surface area (Å²) in [7, 11) is -1.24. The third-order valence-corrected chi connectivity index (χ3v) is 4.93. The highest BCUT2D eigenvalue weighted by molar-refractivity contribution is 6.77. The van der Waals surface area contributed by atoms with Gasteiger partial charge in [-0.25, -0.2) is 0 Å². The Morgan fingerprint density at radius 3 is 2.07 bits per heavy atom. The van der Waals surface area contributed by atoms with E-state index in [9.17, 15) is 0 Å². The molecule has 2 nitrogen and oxygen atoms in total. The van der Waals surface area contributed by atoms with Gasteiger partial charge in [-0.3, -0.25) is 0 Å². The Morgan fingerprint density at radius 1 is 1.14 bits per heavy atom. The van der Waals surface area contributed by atoms with Crippen molar-refractivity contribution in [3.63, 3.8) is 0 Å². The lowest BCUT2D eigenvalue weighted by Gasteiger charge is -2.26. The van der Waals surface area contributed by atoms with Gasteiger partial charge in [0.05, 0.1) is 13.8 Å². The molecular weight excluding hydrogens is 192 g/mol. The zero-order chi connectivity index (χ0) is 10.8. The van der Waals surface area contributed by atoms with Crippen LogP contribution in [0.15, 0.2) is 24.3 Å². The number of phenols is 1. The minimum Gasteiger partial charge on any atom is -0.508 e. The second-order valence-corrected chi connectivity index (χ2v) is 10.2. The SMILES string of the molecule is CC(Oc1ccc(O)cc1)[Si](C)(C)C. The molecule has 0 radical (unpaired) electrons. The average Bonchev–Trinajstić information content (AvgIpc) is 2.07. The minimum absolute atomic E-state index is 0.276. The van der Waals surface area contributed by atoms with E-state index >= 15 is 0 Å². The molecule has 0 aliphatic carbocycles. The predicted octanol–water partition coefficient (Wildman–Crippen LogP) is 3.04. The van der Waals surface area contributed by atoms with E-state index < -0.39 is 8.07 Å². The first-order chi connectivity index (χ1) is 6.39. The van der Waals surface area contributed by atoms with Crippen LogP contribution in [0.25, 0.3) is 0 Å². The zero-order valence-electron chi connectivity index (χ0n) is 9.24. The van der Waals surface area contributed by atoms with Gasteiger partial charge in [0.25, 0.3) is 0 Å². The summed E-state index contributed by atoms with van der Waals surface area (Å²) in [6.45, 7) is 8.94. The standard InChI is InChI=1S/C11H18O2Si/c1-9(14(2,3)4)13-11-7-5-10(12)6-8-11/h5-9,12H,1-4H3. The highest BCUT2D eigenvalue weighted by Crippen LogP contribution is 2.20. The van der Waals surface area contributed by atoms with Gasteiger partial charge in [-0.1, -0.05) is 19.6 Å². The number of ether oxygens (including phenoxy) is 1. The summed E-state index contributed by atoms with van der Waals surface area (Å²) in [6.07, 6.45) is 0. The number of phenolic OH excluding ortho intramolecular Hbond substituents is 1. The summed E-state index contributed by atoms with van der Waals surface area (Å²) >= 11 is 0. The van der Waals surface area contributed by atoms with Crippen molar-refractivity contribution < 1.29 is 9.84 Å². The molecule has 1 aromatic rings. The van der Waals surface area contributed by atoms with Gasteiger partial charge in [0.15, 0.2) is 0 Å². The molecule has 78 valence electrons. The third kappa shape index (κ3) is 3.07. The topological polar surface area (TPSA) is 29.5 Å². The van der Waals surface area contributed by atoms with Crippen molar-refractivity contribution in [2.45, 2.75) is 32.3 Å². The van der Waals surface area contributed by atoms with Crippen molar-refractivity contribution in [2.75, 3.05) is 0 Å². The number of aromatic hydroxyl groups is 1. The number of hydrogen-bond donors (Lipinski definition) is 1. The summed E-state index contributed by atoms with van der Waals surface area (Å²) in [5.41, 5.74) is 0.284. The van der Waals surface area contributed by atoms with Crippen molar-refractivity contribution >= 4 is 8.07 Å². The van der Waals surface area contributed by atoms with Gasteiger partial charge in [-0.15, -0.1) is 0 Å². The van der Waals surface area contributed by atoms with Crippen LogP contribution < -0.4 is 4.74 Å². The lowest BCUT2D eigenvalue weighted by atomic mass is 10.3. The molecule has 1 atom stereocenters. The lowest BCUT2D eigenvalue weighted by molar-refractivity contribution is 0.289. The number of rotatable bonds is 3. The fourth-order valence-corrected chi connectivity index (χ4v) is 1.40. The lowest BCUT2D eigenvalue weighted by Crippen LogP contribution is -2.40. The predicted molar refractivity (Wildman–Crippen MR) is 61.5 cm³/mol. The molecule has 0 saturated heterocycles. The Labute approximate surface area is 86.5 Å². The molecule has 1 aromatic carbocycles. The Bertz CT molecular complexity index is 287. The number of hydrogen-bond acceptors (Lipinski definition) is 2. The first kappa shape index (κ1) is 11.1. The van der Waals surface area contributed by atoms with E-state index in [1.807, 2.05) is 0 Å². The molecule has 14 heavy (non-hydrogen) atoms. The maximum atomic E-state index is 9.10. The minimum atomic E-state index is -1.24. The highest BCUT2D eigenvalue weighted by atomic mass is 28.3. The average molecular weight is 210 g/mol. The summed E-state index contributed by atoms with van der Waals surface area (Å²) in [6, 6.07) is 6.89. The van der Waals surface area contributed by atoms with Crippen LogP contribution in [0.3, 0.4) is 0 Å². The highest BCUT2D eigenvalue weighted by Gasteiger charge is 2.24. The van der Waals surface area contributed by atoms with Gasteiger partial charge in [-0.05, 0) is 31.2 Å². The third-order valence-electron chi connectivity index (χ3n) is 2.37. The Balaban J connectivity index is 2.65. The van der Waals surface area contributed by atoms with Gasteiger partial charge in [0.2, 0.25) is 0 Å². The van der Waals surface area contributed by atoms with E-state index in [1.165, 1.54) is 0 Å². The van der Waals surface area contributed by atoms with Crippen LogP contribution in [-0.4, -0.2) is 18.9 Å². The van der Waals surface area contributed by atoms with Crippen molar-refractivity contribution in [3.05, 3.63) is 24.3 Å². The molecule has 3 heteroatoms. The van der Waals surface area contributed by atoms with E-state index in [0.29, 0.717) is 0 Å². The first-order valence-electron chi connectivity index (χ1n) is 4.85. The first-order valence-corrected chi connectivity index (χ1v) is 8.43. The summed E-state index contributed by atoms with van der Waals surface area (Å²) in [5.74, 6) is 1.11. The smallest absolute Gasteiger partial charge is 0.119 e. The van der Waals surface area contributed by atoms with Crippen LogP contribution in [0.1, 0.15) is 6.92 Å². The largest absolute Gasteiger partial charge is 0.508 e. The molecule has 0 fully saturated rings. The van der Waals surface area contributed by atoms with Crippen molar-refractivity contribution in [2.24, 2.45) is 0 Å². The van der Waals surface area contributed by atoms with Crippen LogP contribution in [0.5, 0.6) is 11.5 Å². The molecule has 1 N–H and O–H groups in total. The molecule has 0 spiro atoms. The molecule has 0 aromatic heterocycles. The molecule has 1 unspecified atom stereocenters. The van der Waals surface area contributed by atoms with Gasteiger partial charge >= 0.3 is 0 Å². The molecule has 0 saturated carbocycles. The summed E-state index contributed by atoms with van der Waals surface area (Å²) in [4.78, 5) is 0. The number of benzene rings is 1. The van der Waals surface area contributed by atoms with E-state index in [-0.39, 0.29) is 11.5 Å². The Kier molecular flexibility index (Phi) is 3.21. The Hall–Kier alpha value is -0.963. The Morgan fingerprint density at radius 2 is 1.64 bits per heavy atom. The normalized spacial score (nSPS) is 13.7. The van der Waals surface area contributed by atoms with Gasteiger partial charge in [0.1, 0.15) is 11.5 Å². The molecule has 0 bridgehead atoms. The van der Waals surface area contributed by atoms with E-state index in [4.69, 9.17) is 9.84 Å². The monoisotopic (exact) mass is 210 g/mol. The molecule has 0 aliphatic heterocycles. The molecular formula is C11H18O2Si. The van der Waals surface area contributed by atoms with Crippen LogP contribution in [0.4, 0.5) is 0 Å². The summed E-state index contributed by atoms with van der Waals surface area (Å²) in [5, 5.41) is 9.10. The second kappa shape index (κ2) is 4.05. The molecule has 1 rings (SSSR count). The fraction of sp³-hybridized carbons (Fsp3) is 0.455. The fourth-order valence-electron chi connectivity index (χ4n) is 0.906. The maximum absolute atomic E-state index is 9.10. The van der Waals surface area contributed by atoms with E-state index in [1.54, 1.807) is 24.3 Å². The van der Waals surface area contributed by atoms with Crippen molar-refractivity contribution in [1.82, 2.24) is 0 Å². The van der Waals surface area contributed by atoms with E-state index in [2.05, 4.69) is 26.6 Å². The molecule has 0 heterocycles. The van der Waals surface area contributed by atoms with Gasteiger partial charge in [-0.2, -0.15) is 0 Å². The molecule has 0 aliphatic rings. The quantitative estimate of drug-likeness (QED) is 0.777. The van der Waals surface area contributed by atoms with Crippen LogP contribution >= 0.6 is 0 Å². The van der Waals surface area contributed by atoms with Crippen LogP contribution in [-0.2, 0) is 0 Å². The molecule has 0 amide bonds. The van der Waals surface area contributed by atoms with Gasteiger partial charge < -0.3 is 9.84 Å². The van der Waals surface area contributed by atoms with Gasteiger partial charge in [0, 0.05) is 0 Å². The summed E-state index contributed by atoms with van der Waals surface area (Å²) < 4.78 is 5.78. The van der Waals surface area contributed by atoms with E-state index in [0.717, 1.165) is 5.75 Å². The second-order valence-electron chi connectivity index (χ2n) is 4.62. The van der Waals surface area contributed by atoms with Crippen molar-refractivity contribution in [3.8, 4) is 11.5 Å².